The maximum Gasteiger partial charge on any atom is 0.410 e. The molecule has 6 nitrogen and oxygen atoms in total. The van der Waals surface area contributed by atoms with Crippen LogP contribution in [0.3, 0.4) is 0 Å². The minimum absolute atomic E-state index is 0.213. The molecule has 2 fully saturated rings. The summed E-state index contributed by atoms with van der Waals surface area (Å²) in [5.74, 6) is 0.586. The molecule has 128 valence electrons. The number of piperidine rings is 1. The first-order valence-electron chi connectivity index (χ1n) is 8.43. The van der Waals surface area contributed by atoms with Gasteiger partial charge in [0.15, 0.2) is 4.60 Å². The first kappa shape index (κ1) is 16.7. The summed E-state index contributed by atoms with van der Waals surface area (Å²) >= 11 is 3.55. The van der Waals surface area contributed by atoms with Crippen LogP contribution in [0.5, 0.6) is 0 Å². The fourth-order valence-electron chi connectivity index (χ4n) is 3.21. The molecule has 1 saturated carbocycles. The highest BCUT2D eigenvalue weighted by Crippen LogP contribution is 2.40. The Kier molecular flexibility index (Phi) is 4.67. The van der Waals surface area contributed by atoms with E-state index in [0.29, 0.717) is 25.0 Å². The van der Waals surface area contributed by atoms with Crippen molar-refractivity contribution in [3.05, 3.63) is 10.3 Å². The average Bonchev–Trinajstić information content (AvgIpc) is 2.78. The second-order valence-electron chi connectivity index (χ2n) is 7.54. The van der Waals surface area contributed by atoms with E-state index in [1.54, 1.807) is 4.90 Å². The van der Waals surface area contributed by atoms with Crippen LogP contribution >= 0.6 is 15.9 Å². The molecule has 0 unspecified atom stereocenters. The van der Waals surface area contributed by atoms with Crippen molar-refractivity contribution in [1.82, 2.24) is 19.9 Å². The molecule has 0 aromatic carbocycles. The fourth-order valence-corrected chi connectivity index (χ4v) is 3.78. The normalized spacial score (nSPS) is 20.4. The van der Waals surface area contributed by atoms with Gasteiger partial charge in [-0.1, -0.05) is 11.6 Å². The van der Waals surface area contributed by atoms with Crippen LogP contribution < -0.4 is 0 Å². The highest BCUT2D eigenvalue weighted by molar-refractivity contribution is 9.10. The molecule has 1 aliphatic carbocycles. The molecular weight excluding hydrogens is 360 g/mol. The minimum atomic E-state index is -0.442. The summed E-state index contributed by atoms with van der Waals surface area (Å²) in [6.45, 7) is 7.11. The van der Waals surface area contributed by atoms with E-state index in [1.807, 2.05) is 20.8 Å². The van der Waals surface area contributed by atoms with Gasteiger partial charge in [0, 0.05) is 19.0 Å². The highest BCUT2D eigenvalue weighted by atomic mass is 79.9. The standard InChI is InChI=1S/C16H25BrN4O2/c1-16(2,3)23-15(22)20-9-7-12(8-10-20)21-13(11-5-4-6-11)14(17)18-19-21/h11-12H,4-10H2,1-3H3. The number of rotatable bonds is 2. The number of hydrogen-bond donors (Lipinski definition) is 0. The quantitative estimate of drug-likeness (QED) is 0.775. The van der Waals surface area contributed by atoms with Gasteiger partial charge in [0.25, 0.3) is 0 Å². The number of nitrogens with zero attached hydrogens (tertiary/aromatic N) is 4. The van der Waals surface area contributed by atoms with Crippen LogP contribution in [0, 0.1) is 0 Å². The molecule has 2 aliphatic rings. The molecule has 1 aliphatic heterocycles. The minimum Gasteiger partial charge on any atom is -0.444 e. The van der Waals surface area contributed by atoms with Crippen molar-refractivity contribution >= 4 is 22.0 Å². The second kappa shape index (κ2) is 6.42. The number of carbonyl (C=O) groups excluding carboxylic acids is 1. The van der Waals surface area contributed by atoms with Crippen molar-refractivity contribution in [2.75, 3.05) is 13.1 Å². The van der Waals surface area contributed by atoms with Crippen molar-refractivity contribution in [2.24, 2.45) is 0 Å². The number of likely N-dealkylation sites (tertiary alicyclic amines) is 1. The van der Waals surface area contributed by atoms with Crippen LogP contribution in [0.2, 0.25) is 0 Å². The van der Waals surface area contributed by atoms with E-state index in [-0.39, 0.29) is 6.09 Å². The molecule has 3 rings (SSSR count). The zero-order valence-corrected chi connectivity index (χ0v) is 15.7. The van der Waals surface area contributed by atoms with E-state index in [2.05, 4.69) is 30.9 Å². The molecule has 1 saturated heterocycles. The Balaban J connectivity index is 1.62. The molecule has 0 spiro atoms. The number of aromatic nitrogens is 3. The summed E-state index contributed by atoms with van der Waals surface area (Å²) in [6.07, 6.45) is 5.32. The van der Waals surface area contributed by atoms with Crippen LogP contribution in [0.25, 0.3) is 0 Å². The van der Waals surface area contributed by atoms with Crippen molar-refractivity contribution < 1.29 is 9.53 Å². The van der Waals surface area contributed by atoms with Crippen molar-refractivity contribution in [3.63, 3.8) is 0 Å². The molecule has 1 aromatic heterocycles. The Morgan fingerprint density at radius 3 is 2.39 bits per heavy atom. The molecule has 0 bridgehead atoms. The maximum atomic E-state index is 12.2. The number of halogens is 1. The first-order chi connectivity index (χ1) is 10.8. The molecule has 7 heteroatoms. The lowest BCUT2D eigenvalue weighted by molar-refractivity contribution is 0.0182. The number of amides is 1. The molecular formula is C16H25BrN4O2. The molecule has 0 atom stereocenters. The Morgan fingerprint density at radius 1 is 1.22 bits per heavy atom. The van der Waals surface area contributed by atoms with E-state index in [0.717, 1.165) is 17.4 Å². The first-order valence-corrected chi connectivity index (χ1v) is 9.23. The zero-order chi connectivity index (χ0) is 16.6. The zero-order valence-electron chi connectivity index (χ0n) is 14.1. The van der Waals surface area contributed by atoms with Crippen LogP contribution in [-0.4, -0.2) is 44.7 Å². The Morgan fingerprint density at radius 2 is 1.87 bits per heavy atom. The summed E-state index contributed by atoms with van der Waals surface area (Å²) < 4.78 is 8.44. The maximum absolute atomic E-state index is 12.2. The lowest BCUT2D eigenvalue weighted by Crippen LogP contribution is -2.42. The number of ether oxygens (including phenoxy) is 1. The molecule has 2 heterocycles. The smallest absolute Gasteiger partial charge is 0.410 e. The van der Waals surface area contributed by atoms with Gasteiger partial charge in [-0.15, -0.1) is 5.10 Å². The molecule has 1 amide bonds. The lowest BCUT2D eigenvalue weighted by atomic mass is 9.83. The lowest BCUT2D eigenvalue weighted by Gasteiger charge is -2.35. The van der Waals surface area contributed by atoms with Gasteiger partial charge in [0.2, 0.25) is 0 Å². The van der Waals surface area contributed by atoms with Crippen molar-refractivity contribution in [2.45, 2.75) is 70.4 Å². The van der Waals surface area contributed by atoms with Crippen LogP contribution in [-0.2, 0) is 4.74 Å². The Bertz CT molecular complexity index is 569. The Hall–Kier alpha value is -1.11. The van der Waals surface area contributed by atoms with E-state index < -0.39 is 5.60 Å². The van der Waals surface area contributed by atoms with E-state index in [9.17, 15) is 4.79 Å². The third-order valence-corrected chi connectivity index (χ3v) is 5.21. The van der Waals surface area contributed by atoms with Gasteiger partial charge in [-0.25, -0.2) is 9.48 Å². The highest BCUT2D eigenvalue weighted by Gasteiger charge is 2.32. The molecule has 0 radical (unpaired) electrons. The molecule has 0 N–H and O–H groups in total. The predicted molar refractivity (Wildman–Crippen MR) is 90.4 cm³/mol. The fraction of sp³-hybridized carbons (Fsp3) is 0.812. The van der Waals surface area contributed by atoms with E-state index >= 15 is 0 Å². The second-order valence-corrected chi connectivity index (χ2v) is 8.29. The largest absolute Gasteiger partial charge is 0.444 e. The van der Waals surface area contributed by atoms with Gasteiger partial charge in [0.05, 0.1) is 11.7 Å². The van der Waals surface area contributed by atoms with E-state index in [1.165, 1.54) is 25.0 Å². The van der Waals surface area contributed by atoms with E-state index in [4.69, 9.17) is 4.74 Å². The number of hydrogen-bond acceptors (Lipinski definition) is 4. The summed E-state index contributed by atoms with van der Waals surface area (Å²) in [4.78, 5) is 14.0. The monoisotopic (exact) mass is 384 g/mol. The van der Waals surface area contributed by atoms with Gasteiger partial charge >= 0.3 is 6.09 Å². The number of carbonyl (C=O) groups is 1. The van der Waals surface area contributed by atoms with Gasteiger partial charge in [-0.3, -0.25) is 0 Å². The van der Waals surface area contributed by atoms with Gasteiger partial charge < -0.3 is 9.64 Å². The summed E-state index contributed by atoms with van der Waals surface area (Å²) in [6, 6.07) is 0.322. The summed E-state index contributed by atoms with van der Waals surface area (Å²) in [5.41, 5.74) is 0.800. The van der Waals surface area contributed by atoms with Gasteiger partial charge in [-0.2, -0.15) is 0 Å². The third kappa shape index (κ3) is 3.70. The predicted octanol–water partition coefficient (Wildman–Crippen LogP) is 3.88. The van der Waals surface area contributed by atoms with Gasteiger partial charge in [-0.05, 0) is 62.4 Å². The Labute approximate surface area is 145 Å². The van der Waals surface area contributed by atoms with Crippen molar-refractivity contribution in [1.29, 1.82) is 0 Å². The van der Waals surface area contributed by atoms with Crippen LogP contribution in [0.4, 0.5) is 4.79 Å². The summed E-state index contributed by atoms with van der Waals surface area (Å²) in [7, 11) is 0. The molecule has 1 aromatic rings. The SMILES string of the molecule is CC(C)(C)OC(=O)N1CCC(n2nnc(Br)c2C2CCC2)CC1. The van der Waals surface area contributed by atoms with Crippen molar-refractivity contribution in [3.8, 4) is 0 Å². The topological polar surface area (TPSA) is 60.2 Å². The van der Waals surface area contributed by atoms with Crippen LogP contribution in [0.15, 0.2) is 4.60 Å². The summed E-state index contributed by atoms with van der Waals surface area (Å²) in [5, 5.41) is 8.58. The molecule has 23 heavy (non-hydrogen) atoms. The third-order valence-electron chi connectivity index (χ3n) is 4.64. The van der Waals surface area contributed by atoms with Gasteiger partial charge in [0.1, 0.15) is 5.60 Å². The average molecular weight is 385 g/mol. The van der Waals surface area contributed by atoms with Crippen LogP contribution in [0.1, 0.15) is 70.5 Å².